The predicted molar refractivity (Wildman–Crippen MR) is 145 cm³/mol. The van der Waals surface area contributed by atoms with Gasteiger partial charge in [0, 0.05) is 33.1 Å². The average molecular weight is 572 g/mol. The second kappa shape index (κ2) is 13.5. The Morgan fingerprint density at radius 3 is 2.62 bits per heavy atom. The molecule has 2 unspecified atom stereocenters. The summed E-state index contributed by atoms with van der Waals surface area (Å²) in [4.78, 5) is 14.0. The zero-order valence-corrected chi connectivity index (χ0v) is 23.1. The molecule has 3 rings (SSSR count). The number of aliphatic imine (C=N–C) groups is 1. The number of likely N-dealkylation sites (tertiary alicyclic amines) is 1. The van der Waals surface area contributed by atoms with E-state index in [1.165, 1.54) is 18.4 Å². The fourth-order valence-corrected chi connectivity index (χ4v) is 4.89. The molecule has 0 bridgehead atoms. The van der Waals surface area contributed by atoms with Crippen molar-refractivity contribution in [3.8, 4) is 0 Å². The summed E-state index contributed by atoms with van der Waals surface area (Å²) in [7, 11) is 5.63. The second-order valence-corrected chi connectivity index (χ2v) is 9.37. The highest BCUT2D eigenvalue weighted by molar-refractivity contribution is 14.0. The molecule has 178 valence electrons. The van der Waals surface area contributed by atoms with E-state index in [-0.39, 0.29) is 30.1 Å². The van der Waals surface area contributed by atoms with E-state index in [2.05, 4.69) is 69.8 Å². The lowest BCUT2D eigenvalue weighted by Gasteiger charge is -2.37. The highest BCUT2D eigenvalue weighted by Gasteiger charge is 2.25. The molecule has 1 aliphatic rings. The Balaban J connectivity index is 0.00000363. The van der Waals surface area contributed by atoms with Gasteiger partial charge in [-0.05, 0) is 44.3 Å². The maximum absolute atomic E-state index is 5.39. The number of ether oxygens (including phenoxy) is 1. The first kappa shape index (κ1) is 27.0. The van der Waals surface area contributed by atoms with E-state index in [0.717, 1.165) is 42.2 Å². The van der Waals surface area contributed by atoms with Crippen LogP contribution in [0.5, 0.6) is 0 Å². The van der Waals surface area contributed by atoms with Crippen molar-refractivity contribution in [2.75, 3.05) is 40.8 Å². The van der Waals surface area contributed by atoms with E-state index in [4.69, 9.17) is 9.72 Å². The van der Waals surface area contributed by atoms with Crippen LogP contribution in [-0.4, -0.2) is 61.6 Å². The van der Waals surface area contributed by atoms with Crippen molar-refractivity contribution in [3.63, 3.8) is 0 Å². The minimum atomic E-state index is 0. The summed E-state index contributed by atoms with van der Waals surface area (Å²) in [5.74, 6) is 1.71. The van der Waals surface area contributed by atoms with Crippen LogP contribution in [0.4, 0.5) is 0 Å². The van der Waals surface area contributed by atoms with Crippen LogP contribution in [0.25, 0.3) is 0 Å². The maximum Gasteiger partial charge on any atom is 0.193 e. The van der Waals surface area contributed by atoms with Gasteiger partial charge in [0.1, 0.15) is 11.1 Å². The molecular weight excluding hydrogens is 533 g/mol. The molecule has 1 fully saturated rings. The first-order valence-corrected chi connectivity index (χ1v) is 12.1. The van der Waals surface area contributed by atoms with E-state index < -0.39 is 0 Å². The van der Waals surface area contributed by atoms with Gasteiger partial charge in [-0.15, -0.1) is 35.3 Å². The Bertz CT molecular complexity index is 823. The summed E-state index contributed by atoms with van der Waals surface area (Å²) >= 11 is 1.65. The number of guanidine groups is 1. The molecule has 8 heteroatoms. The first-order chi connectivity index (χ1) is 15.0. The number of piperidine rings is 1. The van der Waals surface area contributed by atoms with Gasteiger partial charge in [0.25, 0.3) is 0 Å². The molecule has 0 spiro atoms. The average Bonchev–Trinajstić information content (AvgIpc) is 3.26. The van der Waals surface area contributed by atoms with Crippen LogP contribution in [0.15, 0.2) is 40.7 Å². The van der Waals surface area contributed by atoms with Crippen molar-refractivity contribution in [1.29, 1.82) is 0 Å². The van der Waals surface area contributed by atoms with Gasteiger partial charge in [-0.3, -0.25) is 9.89 Å². The minimum Gasteiger partial charge on any atom is -0.375 e. The molecule has 1 aromatic carbocycles. The second-order valence-electron chi connectivity index (χ2n) is 8.48. The van der Waals surface area contributed by atoms with Crippen molar-refractivity contribution in [2.24, 2.45) is 10.9 Å². The molecule has 2 atom stereocenters. The molecular formula is C24H38IN5OS. The summed E-state index contributed by atoms with van der Waals surface area (Å²) in [6.07, 6.45) is 2.56. The summed E-state index contributed by atoms with van der Waals surface area (Å²) < 4.78 is 5.39. The van der Waals surface area contributed by atoms with Gasteiger partial charge >= 0.3 is 0 Å². The van der Waals surface area contributed by atoms with E-state index in [1.54, 1.807) is 18.4 Å². The molecule has 2 heterocycles. The lowest BCUT2D eigenvalue weighted by Crippen LogP contribution is -2.45. The van der Waals surface area contributed by atoms with Gasteiger partial charge in [0.15, 0.2) is 5.96 Å². The van der Waals surface area contributed by atoms with Crippen molar-refractivity contribution in [2.45, 2.75) is 45.4 Å². The normalized spacial score (nSPS) is 17.5. The quantitative estimate of drug-likeness (QED) is 0.276. The van der Waals surface area contributed by atoms with Crippen molar-refractivity contribution < 1.29 is 4.74 Å². The minimum absolute atomic E-state index is 0. The number of rotatable bonds is 8. The SMILES string of the molecule is CN=C(NCC(c1ccccc1)N1CCC(C)CC1)N(C)Cc1csc(C(C)OC)n1.I. The van der Waals surface area contributed by atoms with E-state index in [0.29, 0.717) is 12.6 Å². The van der Waals surface area contributed by atoms with Gasteiger partial charge in [-0.25, -0.2) is 4.98 Å². The summed E-state index contributed by atoms with van der Waals surface area (Å²) in [6.45, 7) is 8.23. The van der Waals surface area contributed by atoms with Crippen LogP contribution in [0.1, 0.15) is 55.1 Å². The van der Waals surface area contributed by atoms with Gasteiger partial charge in [-0.1, -0.05) is 37.3 Å². The standard InChI is InChI=1S/C24H37N5OS.HI/c1-18-11-13-29(14-12-18)22(20-9-7-6-8-10-20)15-26-24(25-3)28(4)16-21-17-31-23(27-21)19(2)30-5;/h6-10,17-19,22H,11-16H2,1-5H3,(H,25,26);1H. The lowest BCUT2D eigenvalue weighted by molar-refractivity contribution is 0.119. The smallest absolute Gasteiger partial charge is 0.193 e. The van der Waals surface area contributed by atoms with E-state index in [1.807, 2.05) is 14.0 Å². The largest absolute Gasteiger partial charge is 0.375 e. The number of hydrogen-bond acceptors (Lipinski definition) is 5. The van der Waals surface area contributed by atoms with Crippen LogP contribution in [0.3, 0.4) is 0 Å². The zero-order chi connectivity index (χ0) is 22.2. The van der Waals surface area contributed by atoms with Gasteiger partial charge in [0.05, 0.1) is 18.3 Å². The highest BCUT2D eigenvalue weighted by Crippen LogP contribution is 2.26. The van der Waals surface area contributed by atoms with Crippen LogP contribution < -0.4 is 5.32 Å². The molecule has 2 aromatic rings. The Morgan fingerprint density at radius 2 is 2.00 bits per heavy atom. The van der Waals surface area contributed by atoms with Gasteiger partial charge < -0.3 is 15.0 Å². The summed E-state index contributed by atoms with van der Waals surface area (Å²) in [5, 5.41) is 6.74. The Labute approximate surface area is 214 Å². The molecule has 1 N–H and O–H groups in total. The molecule has 0 amide bonds. The zero-order valence-electron chi connectivity index (χ0n) is 20.0. The van der Waals surface area contributed by atoms with E-state index >= 15 is 0 Å². The van der Waals surface area contributed by atoms with Crippen LogP contribution in [0.2, 0.25) is 0 Å². The number of methoxy groups -OCH3 is 1. The molecule has 1 aliphatic heterocycles. The molecule has 32 heavy (non-hydrogen) atoms. The van der Waals surface area contributed by atoms with Crippen molar-refractivity contribution >= 4 is 41.3 Å². The van der Waals surface area contributed by atoms with Gasteiger partial charge in [0.2, 0.25) is 0 Å². The summed E-state index contributed by atoms with van der Waals surface area (Å²) in [5.41, 5.74) is 2.40. The number of nitrogens with one attached hydrogen (secondary N) is 1. The first-order valence-electron chi connectivity index (χ1n) is 11.2. The van der Waals surface area contributed by atoms with Crippen LogP contribution >= 0.6 is 35.3 Å². The molecule has 1 saturated heterocycles. The molecule has 6 nitrogen and oxygen atoms in total. The number of aromatic nitrogens is 1. The van der Waals surface area contributed by atoms with Crippen LogP contribution in [-0.2, 0) is 11.3 Å². The van der Waals surface area contributed by atoms with Crippen molar-refractivity contribution in [1.82, 2.24) is 20.1 Å². The van der Waals surface area contributed by atoms with Gasteiger partial charge in [-0.2, -0.15) is 0 Å². The number of thiazole rings is 1. The fourth-order valence-electron chi connectivity index (χ4n) is 4.05. The maximum atomic E-state index is 5.39. The number of halogens is 1. The van der Waals surface area contributed by atoms with Crippen molar-refractivity contribution in [3.05, 3.63) is 52.0 Å². The number of benzene rings is 1. The molecule has 0 radical (unpaired) electrons. The molecule has 0 aliphatic carbocycles. The lowest BCUT2D eigenvalue weighted by atomic mass is 9.95. The Kier molecular flexibility index (Phi) is 11.4. The topological polar surface area (TPSA) is 53.0 Å². The third-order valence-electron chi connectivity index (χ3n) is 6.14. The van der Waals surface area contributed by atoms with E-state index in [9.17, 15) is 0 Å². The predicted octanol–water partition coefficient (Wildman–Crippen LogP) is 4.95. The Morgan fingerprint density at radius 1 is 1.31 bits per heavy atom. The molecule has 0 saturated carbocycles. The summed E-state index contributed by atoms with van der Waals surface area (Å²) in [6, 6.07) is 11.2. The highest BCUT2D eigenvalue weighted by atomic mass is 127. The Hall–Kier alpha value is -1.23. The third kappa shape index (κ3) is 7.40. The molecule has 1 aromatic heterocycles. The van der Waals surface area contributed by atoms with Crippen LogP contribution in [0, 0.1) is 5.92 Å². The fraction of sp³-hybridized carbons (Fsp3) is 0.583. The number of nitrogens with zero attached hydrogens (tertiary/aromatic N) is 4. The third-order valence-corrected chi connectivity index (χ3v) is 7.19. The number of hydrogen-bond donors (Lipinski definition) is 1. The monoisotopic (exact) mass is 571 g/mol.